The molecule has 0 bridgehead atoms. The van der Waals surface area contributed by atoms with Gasteiger partial charge in [0, 0.05) is 6.42 Å². The summed E-state index contributed by atoms with van der Waals surface area (Å²) in [4.78, 5) is 10.8. The van der Waals surface area contributed by atoms with Gasteiger partial charge in [-0.15, -0.1) is 0 Å². The van der Waals surface area contributed by atoms with Crippen molar-refractivity contribution in [2.45, 2.75) is 20.3 Å². The summed E-state index contributed by atoms with van der Waals surface area (Å²) in [6, 6.07) is 7.96. The van der Waals surface area contributed by atoms with E-state index in [-0.39, 0.29) is 5.78 Å². The van der Waals surface area contributed by atoms with Crippen LogP contribution in [0.5, 0.6) is 0 Å². The smallest absolute Gasteiger partial charge is 0.134 e. The second-order valence-corrected chi connectivity index (χ2v) is 3.36. The number of benzene rings is 1. The number of carbonyl (C=O) groups excluding carboxylic acids is 1. The maximum absolute atomic E-state index is 10.8. The molecule has 0 N–H and O–H groups in total. The highest BCUT2D eigenvalue weighted by molar-refractivity contribution is 5.78. The van der Waals surface area contributed by atoms with E-state index in [1.807, 2.05) is 31.2 Å². The quantitative estimate of drug-likeness (QED) is 0.688. The third kappa shape index (κ3) is 2.86. The zero-order chi connectivity index (χ0) is 9.84. The van der Waals surface area contributed by atoms with Gasteiger partial charge in [0.2, 0.25) is 0 Å². The molecule has 0 saturated heterocycles. The van der Waals surface area contributed by atoms with E-state index in [0.29, 0.717) is 6.42 Å². The van der Waals surface area contributed by atoms with Crippen molar-refractivity contribution in [1.29, 1.82) is 0 Å². The predicted octanol–water partition coefficient (Wildman–Crippen LogP) is 2.85. The van der Waals surface area contributed by atoms with Gasteiger partial charge in [-0.05, 0) is 25.0 Å². The van der Waals surface area contributed by atoms with Gasteiger partial charge < -0.3 is 0 Å². The first-order valence-electron chi connectivity index (χ1n) is 4.34. The zero-order valence-corrected chi connectivity index (χ0v) is 8.13. The Labute approximate surface area is 79.1 Å². The van der Waals surface area contributed by atoms with Crippen LogP contribution in [0.25, 0.3) is 5.57 Å². The van der Waals surface area contributed by atoms with Gasteiger partial charge in [-0.3, -0.25) is 4.79 Å². The Balaban J connectivity index is 2.81. The molecule has 1 rings (SSSR count). The molecular weight excluding hydrogens is 160 g/mol. The van der Waals surface area contributed by atoms with Crippen molar-refractivity contribution in [3.63, 3.8) is 0 Å². The van der Waals surface area contributed by atoms with E-state index < -0.39 is 0 Å². The van der Waals surface area contributed by atoms with Crippen LogP contribution in [0.15, 0.2) is 30.8 Å². The first-order valence-corrected chi connectivity index (χ1v) is 4.34. The summed E-state index contributed by atoms with van der Waals surface area (Å²) >= 11 is 0. The number of Topliss-reactive ketones (excluding diaryl/α,β-unsaturated/α-hetero) is 1. The average molecular weight is 174 g/mol. The summed E-state index contributed by atoms with van der Waals surface area (Å²) in [5, 5.41) is 0. The van der Waals surface area contributed by atoms with Crippen LogP contribution in [0.2, 0.25) is 0 Å². The second kappa shape index (κ2) is 4.04. The Kier molecular flexibility index (Phi) is 3.02. The molecule has 1 heteroatoms. The Morgan fingerprint density at radius 2 is 1.77 bits per heavy atom. The van der Waals surface area contributed by atoms with Crippen molar-refractivity contribution in [2.75, 3.05) is 0 Å². The van der Waals surface area contributed by atoms with Crippen molar-refractivity contribution in [3.05, 3.63) is 42.0 Å². The molecule has 13 heavy (non-hydrogen) atoms. The van der Waals surface area contributed by atoms with Crippen LogP contribution in [0.3, 0.4) is 0 Å². The van der Waals surface area contributed by atoms with Crippen LogP contribution in [-0.2, 0) is 11.2 Å². The predicted molar refractivity (Wildman–Crippen MR) is 55.5 cm³/mol. The van der Waals surface area contributed by atoms with Crippen molar-refractivity contribution in [2.24, 2.45) is 0 Å². The van der Waals surface area contributed by atoms with Crippen LogP contribution >= 0.6 is 0 Å². The molecule has 0 atom stereocenters. The maximum Gasteiger partial charge on any atom is 0.134 e. The fourth-order valence-electron chi connectivity index (χ4n) is 1.19. The molecule has 0 heterocycles. The molecule has 0 aliphatic rings. The number of allylic oxidation sites excluding steroid dienone is 1. The molecule has 1 aromatic carbocycles. The van der Waals surface area contributed by atoms with Crippen LogP contribution < -0.4 is 0 Å². The van der Waals surface area contributed by atoms with Gasteiger partial charge in [0.1, 0.15) is 5.78 Å². The van der Waals surface area contributed by atoms with Crippen LogP contribution in [0, 0.1) is 0 Å². The van der Waals surface area contributed by atoms with Crippen molar-refractivity contribution in [1.82, 2.24) is 0 Å². The van der Waals surface area contributed by atoms with Crippen LogP contribution in [0.1, 0.15) is 25.0 Å². The Bertz CT molecular complexity index is 319. The van der Waals surface area contributed by atoms with Crippen LogP contribution in [-0.4, -0.2) is 5.78 Å². The molecule has 0 spiro atoms. The van der Waals surface area contributed by atoms with Gasteiger partial charge >= 0.3 is 0 Å². The van der Waals surface area contributed by atoms with Crippen molar-refractivity contribution >= 4 is 11.4 Å². The van der Waals surface area contributed by atoms with Crippen molar-refractivity contribution < 1.29 is 4.79 Å². The lowest BCUT2D eigenvalue weighted by Gasteiger charge is -2.01. The second-order valence-electron chi connectivity index (χ2n) is 3.36. The SMILES string of the molecule is C=C(C)c1ccc(CC(C)=O)cc1. The van der Waals surface area contributed by atoms with E-state index in [0.717, 1.165) is 16.7 Å². The number of hydrogen-bond acceptors (Lipinski definition) is 1. The number of rotatable bonds is 3. The molecule has 1 aromatic rings. The fourth-order valence-corrected chi connectivity index (χ4v) is 1.19. The van der Waals surface area contributed by atoms with Crippen molar-refractivity contribution in [3.8, 4) is 0 Å². The monoisotopic (exact) mass is 174 g/mol. The minimum atomic E-state index is 0.197. The maximum atomic E-state index is 10.8. The third-order valence-electron chi connectivity index (χ3n) is 1.90. The first-order chi connectivity index (χ1) is 6.09. The average Bonchev–Trinajstić information content (AvgIpc) is 2.04. The third-order valence-corrected chi connectivity index (χ3v) is 1.90. The van der Waals surface area contributed by atoms with E-state index in [1.54, 1.807) is 6.92 Å². The van der Waals surface area contributed by atoms with Gasteiger partial charge in [-0.1, -0.05) is 36.4 Å². The highest BCUT2D eigenvalue weighted by Gasteiger charge is 1.97. The molecule has 0 saturated carbocycles. The zero-order valence-electron chi connectivity index (χ0n) is 8.13. The van der Waals surface area contributed by atoms with Crippen LogP contribution in [0.4, 0.5) is 0 Å². The lowest BCUT2D eigenvalue weighted by Crippen LogP contribution is -1.95. The molecule has 68 valence electrons. The number of ketones is 1. The molecule has 0 aliphatic heterocycles. The van der Waals surface area contributed by atoms with E-state index in [1.165, 1.54) is 0 Å². The summed E-state index contributed by atoms with van der Waals surface area (Å²) in [5.41, 5.74) is 3.25. The highest BCUT2D eigenvalue weighted by atomic mass is 16.1. The molecule has 0 unspecified atom stereocenters. The van der Waals surface area contributed by atoms with E-state index in [4.69, 9.17) is 0 Å². The topological polar surface area (TPSA) is 17.1 Å². The van der Waals surface area contributed by atoms with Gasteiger partial charge in [-0.2, -0.15) is 0 Å². The standard InChI is InChI=1S/C12H14O/c1-9(2)12-6-4-11(5-7-12)8-10(3)13/h4-7H,1,8H2,2-3H3. The normalized spacial score (nSPS) is 9.69. The van der Waals surface area contributed by atoms with E-state index in [2.05, 4.69) is 6.58 Å². The minimum absolute atomic E-state index is 0.197. The summed E-state index contributed by atoms with van der Waals surface area (Å²) in [6.45, 7) is 7.43. The molecule has 0 aliphatic carbocycles. The summed E-state index contributed by atoms with van der Waals surface area (Å²) < 4.78 is 0. The largest absolute Gasteiger partial charge is 0.300 e. The first kappa shape index (κ1) is 9.72. The van der Waals surface area contributed by atoms with Gasteiger partial charge in [-0.25, -0.2) is 0 Å². The Morgan fingerprint density at radius 1 is 1.23 bits per heavy atom. The summed E-state index contributed by atoms with van der Waals surface area (Å²) in [7, 11) is 0. The number of carbonyl (C=O) groups is 1. The van der Waals surface area contributed by atoms with Gasteiger partial charge in [0.05, 0.1) is 0 Å². The van der Waals surface area contributed by atoms with E-state index in [9.17, 15) is 4.79 Å². The fraction of sp³-hybridized carbons (Fsp3) is 0.250. The molecule has 0 radical (unpaired) electrons. The molecule has 0 fully saturated rings. The molecular formula is C12H14O. The minimum Gasteiger partial charge on any atom is -0.300 e. The number of hydrogen-bond donors (Lipinski definition) is 0. The lowest BCUT2D eigenvalue weighted by molar-refractivity contribution is -0.116. The summed E-state index contributed by atoms with van der Waals surface area (Å²) in [6.07, 6.45) is 0.524. The summed E-state index contributed by atoms with van der Waals surface area (Å²) in [5.74, 6) is 0.197. The van der Waals surface area contributed by atoms with Gasteiger partial charge in [0.25, 0.3) is 0 Å². The lowest BCUT2D eigenvalue weighted by atomic mass is 10.0. The van der Waals surface area contributed by atoms with Gasteiger partial charge in [0.15, 0.2) is 0 Å². The van der Waals surface area contributed by atoms with E-state index >= 15 is 0 Å². The Morgan fingerprint density at radius 3 is 2.15 bits per heavy atom. The molecule has 0 amide bonds. The Hall–Kier alpha value is -1.37. The molecule has 0 aromatic heterocycles. The molecule has 1 nitrogen and oxygen atoms in total. The highest BCUT2D eigenvalue weighted by Crippen LogP contribution is 2.12.